The molecule has 2 atom stereocenters. The van der Waals surface area contributed by atoms with Gasteiger partial charge >= 0.3 is 12.0 Å². The van der Waals surface area contributed by atoms with E-state index in [0.29, 0.717) is 42.4 Å². The molecule has 2 heterocycles. The molecule has 0 saturated heterocycles. The number of H-pyrrole nitrogens is 1. The quantitative estimate of drug-likeness (QED) is 0.0696. The Morgan fingerprint density at radius 3 is 1.88 bits per heavy atom. The van der Waals surface area contributed by atoms with Crippen LogP contribution in [0.25, 0.3) is 39.2 Å². The van der Waals surface area contributed by atoms with Crippen molar-refractivity contribution in [1.82, 2.24) is 30.2 Å². The van der Waals surface area contributed by atoms with Crippen LogP contribution in [0.5, 0.6) is 6.01 Å². The summed E-state index contributed by atoms with van der Waals surface area (Å²) in [7, 11) is 0. The number of tetrazole rings is 1. The van der Waals surface area contributed by atoms with Gasteiger partial charge in [0.15, 0.2) is 0 Å². The van der Waals surface area contributed by atoms with Gasteiger partial charge < -0.3 is 14.6 Å². The maximum atomic E-state index is 14.1. The van der Waals surface area contributed by atoms with Crippen molar-refractivity contribution in [2.24, 2.45) is 10.8 Å². The molecule has 0 fully saturated rings. The predicted octanol–water partition coefficient (Wildman–Crippen LogP) is 15.0. The van der Waals surface area contributed by atoms with E-state index in [2.05, 4.69) is 175 Å². The van der Waals surface area contributed by atoms with E-state index in [1.807, 2.05) is 72.2 Å². The lowest BCUT2D eigenvalue weighted by Gasteiger charge is -2.37. The highest BCUT2D eigenvalue weighted by molar-refractivity contribution is 6.03. The minimum absolute atomic E-state index is 0.0212. The van der Waals surface area contributed by atoms with Gasteiger partial charge in [0.2, 0.25) is 5.82 Å². The Hall–Kier alpha value is -7.43. The fourth-order valence-corrected chi connectivity index (χ4v) is 10.1. The summed E-state index contributed by atoms with van der Waals surface area (Å²) >= 11 is 0. The molecule has 0 spiro atoms. The fraction of sp³-hybridized carbons (Fsp3) is 0.317. The van der Waals surface area contributed by atoms with Crippen LogP contribution in [-0.4, -0.2) is 60.1 Å². The number of carbonyl (C=O) groups is 1. The van der Waals surface area contributed by atoms with E-state index < -0.39 is 5.97 Å². The van der Waals surface area contributed by atoms with Crippen molar-refractivity contribution < 1.29 is 19.4 Å². The average Bonchev–Trinajstić information content (AvgIpc) is 4.01. The van der Waals surface area contributed by atoms with Crippen molar-refractivity contribution in [3.05, 3.63) is 202 Å². The van der Waals surface area contributed by atoms with Gasteiger partial charge in [0.1, 0.15) is 11.6 Å². The van der Waals surface area contributed by atoms with Crippen LogP contribution in [0.4, 0.5) is 0 Å². The summed E-state index contributed by atoms with van der Waals surface area (Å²) in [5.74, 6) is 0.122. The number of aromatic amines is 1. The molecule has 2 aromatic heterocycles. The van der Waals surface area contributed by atoms with Crippen molar-refractivity contribution >= 4 is 17.0 Å². The number of carbonyl (C=O) groups excluding carboxylic acids is 1. The number of fused-ring (bicyclic) bond motifs is 1. The molecule has 5 aromatic rings. The van der Waals surface area contributed by atoms with Crippen LogP contribution in [-0.2, 0) is 4.74 Å². The molecule has 0 amide bonds. The van der Waals surface area contributed by atoms with Gasteiger partial charge in [-0.1, -0.05) is 189 Å². The first kappa shape index (κ1) is 53.4. The summed E-state index contributed by atoms with van der Waals surface area (Å²) in [4.78, 5) is 18.9. The first-order chi connectivity index (χ1) is 34.9. The Bertz CT molecular complexity index is 3140. The number of esters is 1. The molecule has 2 aliphatic carbocycles. The van der Waals surface area contributed by atoms with Crippen molar-refractivity contribution in [2.75, 3.05) is 6.61 Å². The molecule has 0 radical (unpaired) electrons. The number of allylic oxidation sites excluding steroid dienone is 20. The first-order valence-corrected chi connectivity index (χ1v) is 25.4. The van der Waals surface area contributed by atoms with Crippen LogP contribution >= 0.6 is 0 Å². The molecular weight excluding hydrogens is 905 g/mol. The Balaban J connectivity index is 0.949. The van der Waals surface area contributed by atoms with Gasteiger partial charge in [0.25, 0.3) is 0 Å². The summed E-state index contributed by atoms with van der Waals surface area (Å²) in [6, 6.07) is 22.1. The minimum atomic E-state index is -0.400. The number of imidazole rings is 1. The van der Waals surface area contributed by atoms with E-state index in [1.54, 1.807) is 6.07 Å². The Morgan fingerprint density at radius 2 is 1.30 bits per heavy atom. The van der Waals surface area contributed by atoms with Crippen LogP contribution in [0.15, 0.2) is 196 Å². The van der Waals surface area contributed by atoms with Crippen molar-refractivity contribution in [3.8, 4) is 34.2 Å². The molecule has 2 aliphatic rings. The maximum Gasteiger partial charge on any atom is 0.340 e. The number of aliphatic hydroxyl groups is 1. The number of hydrogen-bond acceptors (Lipinski definition) is 8. The van der Waals surface area contributed by atoms with Gasteiger partial charge in [0, 0.05) is 12.0 Å². The number of ether oxygens (including phenoxy) is 2. The molecule has 0 unspecified atom stereocenters. The third-order valence-corrected chi connectivity index (χ3v) is 13.6. The third-order valence-electron chi connectivity index (χ3n) is 13.6. The highest BCUT2D eigenvalue weighted by Crippen LogP contribution is 2.43. The molecule has 7 rings (SSSR count). The smallest absolute Gasteiger partial charge is 0.340 e. The summed E-state index contributed by atoms with van der Waals surface area (Å²) in [5.41, 5.74) is 14.8. The second-order valence-electron chi connectivity index (χ2n) is 20.7. The standard InChI is InChI=1S/C63H72N6O4/c1-12-72-61-64-58-54(28-19-29-57(58)69(61)49-34-32-48(33-35-49)52-26-15-16-27-53(52)59-65-67-68-66-59)60(71)73-51-39-47(7)56(63(10,11)41-51)37-31-45(5)25-18-23-43(3)21-14-13-20-42(2)22-17-24-44(4)30-36-55-46(6)38-50(70)40-62(55,8)9/h13-37,50-51,70H,12,38-41H2,1-11H3,(H,65,66,67,68)/b14-13+,22-17+,23-18+,36-30+,37-31+,42-20+,43-21+,44-24+,45-25+/t50-,51-/m1/s1. The molecule has 378 valence electrons. The molecular formula is C63H72N6O4. The summed E-state index contributed by atoms with van der Waals surface area (Å²) in [6.45, 7) is 23.9. The zero-order chi connectivity index (χ0) is 52.3. The molecule has 3 aromatic carbocycles. The average molecular weight is 977 g/mol. The van der Waals surface area contributed by atoms with E-state index in [-0.39, 0.29) is 23.0 Å². The number of nitrogens with zero attached hydrogens (tertiary/aromatic N) is 5. The fourth-order valence-electron chi connectivity index (χ4n) is 10.1. The molecule has 2 N–H and O–H groups in total. The largest absolute Gasteiger partial charge is 0.465 e. The Morgan fingerprint density at radius 1 is 0.726 bits per heavy atom. The molecule has 73 heavy (non-hydrogen) atoms. The number of para-hydroxylation sites is 1. The topological polar surface area (TPSA) is 128 Å². The van der Waals surface area contributed by atoms with E-state index in [1.165, 1.54) is 27.9 Å². The summed E-state index contributed by atoms with van der Waals surface area (Å²) in [6.07, 6.45) is 32.2. The van der Waals surface area contributed by atoms with E-state index in [9.17, 15) is 9.90 Å². The Labute approximate surface area is 432 Å². The molecule has 0 saturated carbocycles. The van der Waals surface area contributed by atoms with Gasteiger partial charge in [-0.25, -0.2) is 4.79 Å². The zero-order valence-corrected chi connectivity index (χ0v) is 44.5. The monoisotopic (exact) mass is 977 g/mol. The number of hydrogen-bond donors (Lipinski definition) is 2. The van der Waals surface area contributed by atoms with Crippen molar-refractivity contribution in [2.45, 2.75) is 114 Å². The zero-order valence-electron chi connectivity index (χ0n) is 44.5. The highest BCUT2D eigenvalue weighted by atomic mass is 16.5. The second-order valence-corrected chi connectivity index (χ2v) is 20.7. The van der Waals surface area contributed by atoms with Crippen LogP contribution in [0.2, 0.25) is 0 Å². The highest BCUT2D eigenvalue weighted by Gasteiger charge is 2.35. The number of aromatic nitrogens is 6. The summed E-state index contributed by atoms with van der Waals surface area (Å²) < 4.78 is 14.3. The van der Waals surface area contributed by atoms with Crippen molar-refractivity contribution in [3.63, 3.8) is 0 Å². The van der Waals surface area contributed by atoms with Crippen LogP contribution in [0.3, 0.4) is 0 Å². The lowest BCUT2D eigenvalue weighted by Crippen LogP contribution is -2.32. The van der Waals surface area contributed by atoms with Crippen LogP contribution in [0.1, 0.15) is 112 Å². The van der Waals surface area contributed by atoms with E-state index >= 15 is 0 Å². The molecule has 10 heteroatoms. The van der Waals surface area contributed by atoms with E-state index in [0.717, 1.165) is 57.5 Å². The lowest BCUT2D eigenvalue weighted by molar-refractivity contribution is 0.0191. The van der Waals surface area contributed by atoms with Crippen LogP contribution < -0.4 is 4.74 Å². The molecule has 10 nitrogen and oxygen atoms in total. The number of benzene rings is 3. The van der Waals surface area contributed by atoms with Gasteiger partial charge in [-0.3, -0.25) is 4.57 Å². The number of aliphatic hydroxyl groups excluding tert-OH is 1. The number of rotatable bonds is 17. The minimum Gasteiger partial charge on any atom is -0.465 e. The Kier molecular flexibility index (Phi) is 17.4. The van der Waals surface area contributed by atoms with Gasteiger partial charge in [-0.05, 0) is 130 Å². The lowest BCUT2D eigenvalue weighted by atomic mass is 9.71. The van der Waals surface area contributed by atoms with E-state index in [4.69, 9.17) is 14.5 Å². The third kappa shape index (κ3) is 13.6. The number of nitrogens with one attached hydrogen (secondary N) is 1. The molecule has 0 aliphatic heterocycles. The van der Waals surface area contributed by atoms with Gasteiger partial charge in [-0.15, -0.1) is 10.2 Å². The predicted molar refractivity (Wildman–Crippen MR) is 298 cm³/mol. The van der Waals surface area contributed by atoms with Gasteiger partial charge in [0.05, 0.1) is 29.5 Å². The molecule has 0 bridgehead atoms. The normalized spacial score (nSPS) is 19.3. The van der Waals surface area contributed by atoms with Crippen LogP contribution in [0, 0.1) is 10.8 Å². The SMILES string of the molecule is CCOc1nc2c(C(=O)O[C@@H]3CC(C)=C(/C=C/C(C)=C/C=C/C(C)=C/C=C/C=C(C)/C=C/C=C(C)/C=C/C4=C(C)C[C@@H](O)CC4(C)C)C(C)(C)C3)cccc2n1-c1ccc(-c2ccccc2-c2nn[nH]n2)cc1. The maximum absolute atomic E-state index is 14.1. The van der Waals surface area contributed by atoms with Gasteiger partial charge in [-0.2, -0.15) is 10.2 Å². The van der Waals surface area contributed by atoms with Crippen molar-refractivity contribution in [1.29, 1.82) is 0 Å². The summed E-state index contributed by atoms with van der Waals surface area (Å²) in [5, 5.41) is 24.9. The second kappa shape index (κ2) is 23.9. The first-order valence-electron chi connectivity index (χ1n) is 25.4.